The monoisotopic (exact) mass is 631 g/mol. The summed E-state index contributed by atoms with van der Waals surface area (Å²) in [7, 11) is -2.26. The molecule has 0 bridgehead atoms. The van der Waals surface area contributed by atoms with Gasteiger partial charge in [0, 0.05) is 37.0 Å². The first-order valence-corrected chi connectivity index (χ1v) is 16.1. The lowest BCUT2D eigenvalue weighted by molar-refractivity contribution is -0.142. The van der Waals surface area contributed by atoms with Crippen molar-refractivity contribution in [3.8, 4) is 5.75 Å². The number of ether oxygens (including phenoxy) is 1. The van der Waals surface area contributed by atoms with Crippen LogP contribution in [0.2, 0.25) is 5.02 Å². The highest BCUT2D eigenvalue weighted by Crippen LogP contribution is 2.30. The van der Waals surface area contributed by atoms with Crippen LogP contribution in [0.5, 0.6) is 5.75 Å². The lowest BCUT2D eigenvalue weighted by Crippen LogP contribution is -2.54. The predicted molar refractivity (Wildman–Crippen MR) is 168 cm³/mol. The molecule has 0 saturated heterocycles. The van der Waals surface area contributed by atoms with Gasteiger partial charge in [-0.05, 0) is 57.0 Å². The predicted octanol–water partition coefficient (Wildman–Crippen LogP) is 5.59. The van der Waals surface area contributed by atoms with Gasteiger partial charge in [-0.2, -0.15) is 0 Å². The van der Waals surface area contributed by atoms with Gasteiger partial charge in [-0.3, -0.25) is 13.9 Å². The van der Waals surface area contributed by atoms with Crippen LogP contribution in [0.1, 0.15) is 44.7 Å². The summed E-state index contributed by atoms with van der Waals surface area (Å²) >= 11 is 6.24. The van der Waals surface area contributed by atoms with Crippen molar-refractivity contribution in [3.05, 3.63) is 94.8 Å². The van der Waals surface area contributed by atoms with Gasteiger partial charge in [0.25, 0.3) is 0 Å². The molecule has 0 spiro atoms. The standard InChI is InChI=1S/C32H39ClFN3O5S/c1-32(2,3)35-31(39)28(20-23-12-7-6-8-13-23)36(22-24-14-9-10-15-27(24)34)30(38)16-11-19-37(43(5,40)41)25-17-18-29(42-4)26(33)21-25/h6-10,12-15,17-18,21,28H,11,16,19-20,22H2,1-5H3,(H,35,39)/t28-/m0/s1. The van der Waals surface area contributed by atoms with Crippen LogP contribution in [-0.4, -0.2) is 56.6 Å². The molecule has 3 aromatic rings. The van der Waals surface area contributed by atoms with Gasteiger partial charge in [0.2, 0.25) is 21.8 Å². The molecule has 0 unspecified atom stereocenters. The van der Waals surface area contributed by atoms with Crippen LogP contribution in [-0.2, 0) is 32.6 Å². The largest absolute Gasteiger partial charge is 0.495 e. The number of sulfonamides is 1. The Kier molecular flexibility index (Phi) is 11.6. The van der Waals surface area contributed by atoms with E-state index in [9.17, 15) is 22.4 Å². The molecule has 0 saturated carbocycles. The molecule has 2 amide bonds. The molecule has 0 radical (unpaired) electrons. The fraction of sp³-hybridized carbons (Fsp3) is 0.375. The molecule has 0 aromatic heterocycles. The number of carbonyl (C=O) groups excluding carboxylic acids is 2. The SMILES string of the molecule is COc1ccc(N(CCCC(=O)N(Cc2ccccc2F)[C@@H](Cc2ccccc2)C(=O)NC(C)(C)C)S(C)(=O)=O)cc1Cl. The Hall–Kier alpha value is -3.63. The van der Waals surface area contributed by atoms with Crippen LogP contribution < -0.4 is 14.4 Å². The van der Waals surface area contributed by atoms with Crippen molar-refractivity contribution in [2.75, 3.05) is 24.2 Å². The van der Waals surface area contributed by atoms with Crippen LogP contribution in [0, 0.1) is 5.82 Å². The Labute approximate surface area is 258 Å². The first kappa shape index (κ1) is 33.9. The molecule has 3 rings (SSSR count). The molecule has 8 nitrogen and oxygen atoms in total. The minimum atomic E-state index is -3.72. The topological polar surface area (TPSA) is 96.0 Å². The van der Waals surface area contributed by atoms with Crippen LogP contribution >= 0.6 is 11.6 Å². The minimum absolute atomic E-state index is 0.0156. The average molecular weight is 632 g/mol. The maximum absolute atomic E-state index is 14.8. The number of halogens is 2. The van der Waals surface area contributed by atoms with E-state index in [4.69, 9.17) is 16.3 Å². The Morgan fingerprint density at radius 1 is 1.02 bits per heavy atom. The second kappa shape index (κ2) is 14.7. The normalized spacial score (nSPS) is 12.3. The average Bonchev–Trinajstić information content (AvgIpc) is 2.92. The summed E-state index contributed by atoms with van der Waals surface area (Å²) in [5.74, 6) is -0.869. The van der Waals surface area contributed by atoms with Crippen LogP contribution in [0.25, 0.3) is 0 Å². The van der Waals surface area contributed by atoms with Crippen molar-refractivity contribution in [1.82, 2.24) is 10.2 Å². The quantitative estimate of drug-likeness (QED) is 0.265. The lowest BCUT2D eigenvalue weighted by Gasteiger charge is -2.34. The van der Waals surface area contributed by atoms with Gasteiger partial charge >= 0.3 is 0 Å². The summed E-state index contributed by atoms with van der Waals surface area (Å²) in [4.78, 5) is 28.9. The molecule has 0 heterocycles. The second-order valence-corrected chi connectivity index (χ2v) is 13.6. The number of anilines is 1. The van der Waals surface area contributed by atoms with Crippen LogP contribution in [0.4, 0.5) is 10.1 Å². The van der Waals surface area contributed by atoms with Gasteiger partial charge in [-0.15, -0.1) is 0 Å². The molecule has 43 heavy (non-hydrogen) atoms. The van der Waals surface area contributed by atoms with Gasteiger partial charge in [0.05, 0.1) is 24.1 Å². The highest BCUT2D eigenvalue weighted by Gasteiger charge is 2.32. The second-order valence-electron chi connectivity index (χ2n) is 11.3. The Morgan fingerprint density at radius 2 is 1.67 bits per heavy atom. The fourth-order valence-electron chi connectivity index (χ4n) is 4.63. The van der Waals surface area contributed by atoms with Crippen molar-refractivity contribution < 1.29 is 27.1 Å². The first-order valence-electron chi connectivity index (χ1n) is 13.9. The highest BCUT2D eigenvalue weighted by molar-refractivity contribution is 7.92. The number of methoxy groups -OCH3 is 1. The van der Waals surface area contributed by atoms with Crippen molar-refractivity contribution in [2.24, 2.45) is 0 Å². The molecular formula is C32H39ClFN3O5S. The molecule has 1 N–H and O–H groups in total. The zero-order chi connectivity index (χ0) is 31.8. The molecule has 1 atom stereocenters. The van der Waals surface area contributed by atoms with E-state index in [1.54, 1.807) is 30.3 Å². The van der Waals surface area contributed by atoms with Crippen LogP contribution in [0.15, 0.2) is 72.8 Å². The number of hydrogen-bond donors (Lipinski definition) is 1. The molecule has 0 aliphatic carbocycles. The van der Waals surface area contributed by atoms with E-state index >= 15 is 0 Å². The summed E-state index contributed by atoms with van der Waals surface area (Å²) in [5.41, 5.74) is 0.857. The lowest BCUT2D eigenvalue weighted by atomic mass is 10.00. The summed E-state index contributed by atoms with van der Waals surface area (Å²) < 4.78 is 46.5. The van der Waals surface area contributed by atoms with E-state index in [1.165, 1.54) is 28.4 Å². The Balaban J connectivity index is 1.91. The van der Waals surface area contributed by atoms with Crippen molar-refractivity contribution in [1.29, 1.82) is 0 Å². The van der Waals surface area contributed by atoms with Gasteiger partial charge in [0.1, 0.15) is 17.6 Å². The molecule has 11 heteroatoms. The minimum Gasteiger partial charge on any atom is -0.495 e. The summed E-state index contributed by atoms with van der Waals surface area (Å²) in [6.07, 6.45) is 1.34. The number of rotatable bonds is 13. The third-order valence-corrected chi connectivity index (χ3v) is 8.13. The molecule has 0 fully saturated rings. The summed E-state index contributed by atoms with van der Waals surface area (Å²) in [6.45, 7) is 5.39. The molecule has 3 aromatic carbocycles. The van der Waals surface area contributed by atoms with Gasteiger partial charge in [-0.1, -0.05) is 60.1 Å². The number of carbonyl (C=O) groups is 2. The number of benzene rings is 3. The van der Waals surface area contributed by atoms with E-state index in [1.807, 2.05) is 51.1 Å². The van der Waals surface area contributed by atoms with E-state index in [0.29, 0.717) is 11.4 Å². The van der Waals surface area contributed by atoms with Gasteiger partial charge < -0.3 is 15.0 Å². The Bertz CT molecular complexity index is 1510. The fourth-order valence-corrected chi connectivity index (χ4v) is 5.84. The van der Waals surface area contributed by atoms with Gasteiger partial charge in [0.15, 0.2) is 0 Å². The summed E-state index contributed by atoms with van der Waals surface area (Å²) in [5, 5.41) is 3.21. The van der Waals surface area contributed by atoms with Crippen molar-refractivity contribution in [3.63, 3.8) is 0 Å². The number of nitrogens with one attached hydrogen (secondary N) is 1. The van der Waals surface area contributed by atoms with Crippen LogP contribution in [0.3, 0.4) is 0 Å². The molecule has 232 valence electrons. The Morgan fingerprint density at radius 3 is 2.26 bits per heavy atom. The maximum atomic E-state index is 14.8. The number of hydrogen-bond acceptors (Lipinski definition) is 5. The molecule has 0 aliphatic rings. The third-order valence-electron chi connectivity index (χ3n) is 6.64. The first-order chi connectivity index (χ1) is 20.2. The highest BCUT2D eigenvalue weighted by atomic mass is 35.5. The van der Waals surface area contributed by atoms with E-state index in [2.05, 4.69) is 5.32 Å². The van der Waals surface area contributed by atoms with Gasteiger partial charge in [-0.25, -0.2) is 12.8 Å². The van der Waals surface area contributed by atoms with Crippen molar-refractivity contribution in [2.45, 2.75) is 58.2 Å². The number of nitrogens with zero attached hydrogens (tertiary/aromatic N) is 2. The van der Waals surface area contributed by atoms with E-state index in [0.717, 1.165) is 11.8 Å². The number of amides is 2. The smallest absolute Gasteiger partial charge is 0.243 e. The van der Waals surface area contributed by atoms with E-state index < -0.39 is 33.3 Å². The zero-order valence-corrected chi connectivity index (χ0v) is 26.7. The maximum Gasteiger partial charge on any atom is 0.243 e. The van der Waals surface area contributed by atoms with E-state index in [-0.39, 0.29) is 48.8 Å². The summed E-state index contributed by atoms with van der Waals surface area (Å²) in [6, 6.07) is 19.1. The molecule has 0 aliphatic heterocycles. The molecular weight excluding hydrogens is 593 g/mol. The third kappa shape index (κ3) is 9.96. The zero-order valence-electron chi connectivity index (χ0n) is 25.1. The van der Waals surface area contributed by atoms with Crippen molar-refractivity contribution >= 4 is 39.1 Å².